The van der Waals surface area contributed by atoms with Gasteiger partial charge in [-0.25, -0.2) is 9.78 Å². The van der Waals surface area contributed by atoms with Crippen LogP contribution in [-0.2, 0) is 16.9 Å². The van der Waals surface area contributed by atoms with E-state index in [9.17, 15) is 9.59 Å². The number of aromatic nitrogens is 1. The Morgan fingerprint density at radius 1 is 1.09 bits per heavy atom. The average molecular weight is 452 g/mol. The minimum Gasteiger partial charge on any atom is -0.493 e. The van der Waals surface area contributed by atoms with Gasteiger partial charge in [0.25, 0.3) is 5.91 Å². The molecular formula is C24H25N3O4S. The highest BCUT2D eigenvalue weighted by Gasteiger charge is 2.51. The fourth-order valence-corrected chi connectivity index (χ4v) is 4.69. The zero-order valence-corrected chi connectivity index (χ0v) is 19.1. The summed E-state index contributed by atoms with van der Waals surface area (Å²) in [7, 11) is 1.60. The molecule has 3 aromatic rings. The van der Waals surface area contributed by atoms with Gasteiger partial charge in [0.2, 0.25) is 0 Å². The Hall–Kier alpha value is -3.39. The zero-order chi connectivity index (χ0) is 22.7. The van der Waals surface area contributed by atoms with E-state index >= 15 is 0 Å². The van der Waals surface area contributed by atoms with Gasteiger partial charge < -0.3 is 14.8 Å². The number of benzene rings is 2. The van der Waals surface area contributed by atoms with E-state index in [0.29, 0.717) is 30.2 Å². The van der Waals surface area contributed by atoms with Crippen molar-refractivity contribution >= 4 is 23.3 Å². The Morgan fingerprint density at radius 2 is 1.88 bits per heavy atom. The molecule has 1 fully saturated rings. The number of ether oxygens (including phenoxy) is 2. The predicted molar refractivity (Wildman–Crippen MR) is 123 cm³/mol. The smallest absolute Gasteiger partial charge is 0.325 e. The Morgan fingerprint density at radius 3 is 2.56 bits per heavy atom. The number of urea groups is 1. The minimum absolute atomic E-state index is 0.115. The first-order valence-electron chi connectivity index (χ1n) is 10.5. The van der Waals surface area contributed by atoms with Crippen molar-refractivity contribution in [3.63, 3.8) is 0 Å². The van der Waals surface area contributed by atoms with Crippen LogP contribution in [0.5, 0.6) is 11.5 Å². The second-order valence-electron chi connectivity index (χ2n) is 7.39. The Kier molecular flexibility index (Phi) is 6.14. The van der Waals surface area contributed by atoms with Crippen LogP contribution in [0.1, 0.15) is 31.5 Å². The van der Waals surface area contributed by atoms with Crippen molar-refractivity contribution < 1.29 is 19.1 Å². The lowest BCUT2D eigenvalue weighted by Gasteiger charge is -2.25. The fourth-order valence-electron chi connectivity index (χ4n) is 3.88. The first-order valence-corrected chi connectivity index (χ1v) is 11.4. The van der Waals surface area contributed by atoms with Gasteiger partial charge in [0.15, 0.2) is 11.5 Å². The van der Waals surface area contributed by atoms with E-state index in [-0.39, 0.29) is 12.5 Å². The highest BCUT2D eigenvalue weighted by molar-refractivity contribution is 7.13. The predicted octanol–water partition coefficient (Wildman–Crippen LogP) is 4.57. The molecule has 2 aromatic carbocycles. The molecule has 7 nitrogen and oxygen atoms in total. The summed E-state index contributed by atoms with van der Waals surface area (Å²) in [6.07, 6.45) is 0.465. The van der Waals surface area contributed by atoms with Gasteiger partial charge in [-0.1, -0.05) is 37.3 Å². The van der Waals surface area contributed by atoms with Crippen LogP contribution in [0, 0.1) is 0 Å². The van der Waals surface area contributed by atoms with Gasteiger partial charge in [-0.2, -0.15) is 0 Å². The van der Waals surface area contributed by atoms with Gasteiger partial charge in [-0.05, 0) is 37.1 Å². The molecule has 1 aliphatic heterocycles. The number of nitrogens with one attached hydrogen (secondary N) is 1. The number of hydrogen-bond donors (Lipinski definition) is 1. The van der Waals surface area contributed by atoms with Gasteiger partial charge >= 0.3 is 6.03 Å². The lowest BCUT2D eigenvalue weighted by atomic mass is 9.87. The molecule has 0 saturated carbocycles. The molecule has 1 atom stereocenters. The molecule has 3 amide bonds. The molecule has 0 radical (unpaired) electrons. The first kappa shape index (κ1) is 21.8. The largest absolute Gasteiger partial charge is 0.493 e. The van der Waals surface area contributed by atoms with Crippen molar-refractivity contribution in [1.82, 2.24) is 15.2 Å². The van der Waals surface area contributed by atoms with Gasteiger partial charge in [0, 0.05) is 10.9 Å². The normalized spacial score (nSPS) is 18.0. The van der Waals surface area contributed by atoms with Crippen molar-refractivity contribution in [3.8, 4) is 22.1 Å². The number of thiazole rings is 1. The third kappa shape index (κ3) is 3.82. The van der Waals surface area contributed by atoms with Gasteiger partial charge in [-0.15, -0.1) is 11.3 Å². The molecule has 1 aromatic heterocycles. The summed E-state index contributed by atoms with van der Waals surface area (Å²) in [4.78, 5) is 32.0. The minimum atomic E-state index is -1.04. The molecule has 32 heavy (non-hydrogen) atoms. The molecule has 2 heterocycles. The van der Waals surface area contributed by atoms with Crippen LogP contribution in [0.3, 0.4) is 0 Å². The fraction of sp³-hybridized carbons (Fsp3) is 0.292. The Balaban J connectivity index is 1.56. The molecule has 166 valence electrons. The van der Waals surface area contributed by atoms with E-state index < -0.39 is 11.6 Å². The van der Waals surface area contributed by atoms with Crippen LogP contribution in [0.2, 0.25) is 0 Å². The molecule has 1 saturated heterocycles. The molecule has 8 heteroatoms. The number of carbonyl (C=O) groups is 2. The van der Waals surface area contributed by atoms with Gasteiger partial charge in [0.05, 0.1) is 26.0 Å². The molecule has 0 aliphatic carbocycles. The third-order valence-corrected chi connectivity index (χ3v) is 6.50. The van der Waals surface area contributed by atoms with Crippen LogP contribution in [0.4, 0.5) is 4.79 Å². The number of carbonyl (C=O) groups excluding carboxylic acids is 2. The van der Waals surface area contributed by atoms with Crippen molar-refractivity contribution in [1.29, 1.82) is 0 Å². The summed E-state index contributed by atoms with van der Waals surface area (Å²) in [5.41, 5.74) is 1.27. The van der Waals surface area contributed by atoms with E-state index in [1.807, 2.05) is 67.8 Å². The first-order chi connectivity index (χ1) is 15.5. The summed E-state index contributed by atoms with van der Waals surface area (Å²) in [5, 5.41) is 5.55. The summed E-state index contributed by atoms with van der Waals surface area (Å²) in [5.74, 6) is 1.05. The average Bonchev–Trinajstić information content (AvgIpc) is 3.39. The van der Waals surface area contributed by atoms with Crippen molar-refractivity contribution in [2.45, 2.75) is 32.4 Å². The topological polar surface area (TPSA) is 80.8 Å². The summed E-state index contributed by atoms with van der Waals surface area (Å²) in [6, 6.07) is 14.6. The standard InChI is InChI=1S/C24H25N3O4S/c1-4-24(17-9-7-6-8-10-17)22(28)27(23(29)26-24)14-18-15-32-21(25-18)16-11-12-19(31-5-2)20(13-16)30-3/h6-13,15H,4-5,14H2,1-3H3,(H,26,29)/t24-/m1/s1. The number of imide groups is 1. The Bertz CT molecular complexity index is 1130. The highest BCUT2D eigenvalue weighted by Crippen LogP contribution is 2.35. The van der Waals surface area contributed by atoms with E-state index in [1.54, 1.807) is 7.11 Å². The number of rotatable bonds is 8. The van der Waals surface area contributed by atoms with E-state index in [0.717, 1.165) is 16.1 Å². The van der Waals surface area contributed by atoms with Crippen LogP contribution in [-0.4, -0.2) is 35.5 Å². The van der Waals surface area contributed by atoms with Crippen molar-refractivity contribution in [3.05, 3.63) is 65.2 Å². The number of amides is 3. The number of methoxy groups -OCH3 is 1. The van der Waals surface area contributed by atoms with Crippen molar-refractivity contribution in [2.75, 3.05) is 13.7 Å². The van der Waals surface area contributed by atoms with Gasteiger partial charge in [0.1, 0.15) is 10.5 Å². The molecule has 4 rings (SSSR count). The van der Waals surface area contributed by atoms with E-state index in [1.165, 1.54) is 16.2 Å². The van der Waals surface area contributed by atoms with Crippen LogP contribution in [0.25, 0.3) is 10.6 Å². The SMILES string of the molecule is CCOc1ccc(-c2nc(CN3C(=O)N[C@](CC)(c4ccccc4)C3=O)cs2)cc1OC. The second kappa shape index (κ2) is 9.00. The van der Waals surface area contributed by atoms with Gasteiger partial charge in [-0.3, -0.25) is 9.69 Å². The summed E-state index contributed by atoms with van der Waals surface area (Å²) < 4.78 is 11.0. The lowest BCUT2D eigenvalue weighted by Crippen LogP contribution is -2.43. The maximum Gasteiger partial charge on any atom is 0.325 e. The van der Waals surface area contributed by atoms with Crippen molar-refractivity contribution in [2.24, 2.45) is 0 Å². The molecule has 0 bridgehead atoms. The van der Waals surface area contributed by atoms with Crippen LogP contribution < -0.4 is 14.8 Å². The monoisotopic (exact) mass is 451 g/mol. The molecule has 1 N–H and O–H groups in total. The van der Waals surface area contributed by atoms with Crippen LogP contribution in [0.15, 0.2) is 53.9 Å². The maximum absolute atomic E-state index is 13.3. The van der Waals surface area contributed by atoms with E-state index in [2.05, 4.69) is 10.3 Å². The summed E-state index contributed by atoms with van der Waals surface area (Å²) in [6.45, 7) is 4.48. The highest BCUT2D eigenvalue weighted by atomic mass is 32.1. The lowest BCUT2D eigenvalue weighted by molar-refractivity contribution is -0.132. The third-order valence-electron chi connectivity index (χ3n) is 5.55. The number of hydrogen-bond acceptors (Lipinski definition) is 6. The Labute approximate surface area is 191 Å². The second-order valence-corrected chi connectivity index (χ2v) is 8.25. The van der Waals surface area contributed by atoms with E-state index in [4.69, 9.17) is 9.47 Å². The number of nitrogens with zero attached hydrogens (tertiary/aromatic N) is 2. The zero-order valence-electron chi connectivity index (χ0n) is 18.3. The maximum atomic E-state index is 13.3. The molecule has 0 spiro atoms. The molecular weight excluding hydrogens is 426 g/mol. The summed E-state index contributed by atoms with van der Waals surface area (Å²) >= 11 is 1.45. The quantitative estimate of drug-likeness (QED) is 0.507. The molecule has 1 aliphatic rings. The molecule has 0 unspecified atom stereocenters. The van der Waals surface area contributed by atoms with Crippen LogP contribution >= 0.6 is 11.3 Å².